The van der Waals surface area contributed by atoms with Gasteiger partial charge in [-0.2, -0.15) is 0 Å². The molecular weight excluding hydrogens is 312 g/mol. The van der Waals surface area contributed by atoms with Gasteiger partial charge in [0.25, 0.3) is 0 Å². The Morgan fingerprint density at radius 3 is 2.48 bits per heavy atom. The Hall–Kier alpha value is -2.40. The summed E-state index contributed by atoms with van der Waals surface area (Å²) in [4.78, 5) is 20.9. The predicted molar refractivity (Wildman–Crippen MR) is 99.2 cm³/mol. The first-order chi connectivity index (χ1) is 12.3. The summed E-state index contributed by atoms with van der Waals surface area (Å²) in [6.45, 7) is 4.92. The van der Waals surface area contributed by atoms with Crippen LogP contribution in [-0.2, 0) is 13.0 Å². The van der Waals surface area contributed by atoms with Crippen molar-refractivity contribution in [1.29, 1.82) is 0 Å². The summed E-state index contributed by atoms with van der Waals surface area (Å²) in [5, 5.41) is 3.04. The first-order valence-corrected chi connectivity index (χ1v) is 9.00. The molecule has 1 N–H and O–H groups in total. The molecule has 0 bridgehead atoms. The smallest absolute Gasteiger partial charge is 0.317 e. The minimum atomic E-state index is 0.0607. The number of amides is 2. The molecule has 0 atom stereocenters. The van der Waals surface area contributed by atoms with Gasteiger partial charge in [-0.3, -0.25) is 9.88 Å². The monoisotopic (exact) mass is 338 g/mol. The van der Waals surface area contributed by atoms with E-state index in [9.17, 15) is 4.79 Å². The number of urea groups is 1. The molecular formula is C20H26N4O. The fourth-order valence-electron chi connectivity index (χ4n) is 3.07. The van der Waals surface area contributed by atoms with Crippen molar-refractivity contribution in [2.24, 2.45) is 0 Å². The highest BCUT2D eigenvalue weighted by molar-refractivity contribution is 5.74. The van der Waals surface area contributed by atoms with E-state index in [4.69, 9.17) is 0 Å². The molecule has 5 heteroatoms. The van der Waals surface area contributed by atoms with Gasteiger partial charge in [0.1, 0.15) is 0 Å². The molecule has 0 saturated carbocycles. The Kier molecular flexibility index (Phi) is 6.40. The number of hydrogen-bond acceptors (Lipinski definition) is 3. The van der Waals surface area contributed by atoms with Gasteiger partial charge in [0.05, 0.1) is 5.69 Å². The van der Waals surface area contributed by atoms with E-state index in [1.165, 1.54) is 5.56 Å². The van der Waals surface area contributed by atoms with Gasteiger partial charge in [-0.1, -0.05) is 36.4 Å². The number of rotatable bonds is 6. The molecule has 3 rings (SSSR count). The normalized spacial score (nSPS) is 15.1. The van der Waals surface area contributed by atoms with Crippen LogP contribution in [0.25, 0.3) is 0 Å². The number of carbonyl (C=O) groups is 1. The summed E-state index contributed by atoms with van der Waals surface area (Å²) in [7, 11) is 0. The molecule has 2 aromatic rings. The highest BCUT2D eigenvalue weighted by atomic mass is 16.2. The minimum Gasteiger partial charge on any atom is -0.338 e. The molecule has 0 unspecified atom stereocenters. The lowest BCUT2D eigenvalue weighted by Crippen LogP contribution is -2.51. The third-order valence-electron chi connectivity index (χ3n) is 4.53. The molecule has 0 spiro atoms. The van der Waals surface area contributed by atoms with E-state index in [0.29, 0.717) is 0 Å². The quantitative estimate of drug-likeness (QED) is 0.824. The van der Waals surface area contributed by atoms with E-state index in [2.05, 4.69) is 39.5 Å². The Bertz CT molecular complexity index is 639. The SMILES string of the molecule is O=C(NCCCc1ccccc1)N1CCN(Cc2ccccn2)CC1. The van der Waals surface area contributed by atoms with Gasteiger partial charge in [-0.15, -0.1) is 0 Å². The summed E-state index contributed by atoms with van der Waals surface area (Å²) in [5.74, 6) is 0. The number of piperazine rings is 1. The van der Waals surface area contributed by atoms with Gasteiger partial charge in [-0.25, -0.2) is 4.79 Å². The maximum atomic E-state index is 12.3. The van der Waals surface area contributed by atoms with Crippen LogP contribution in [0.1, 0.15) is 17.7 Å². The van der Waals surface area contributed by atoms with Gasteiger partial charge < -0.3 is 10.2 Å². The number of benzene rings is 1. The zero-order valence-corrected chi connectivity index (χ0v) is 14.6. The Labute approximate surface area is 149 Å². The van der Waals surface area contributed by atoms with Crippen molar-refractivity contribution in [3.05, 3.63) is 66.0 Å². The maximum Gasteiger partial charge on any atom is 0.317 e. The van der Waals surface area contributed by atoms with Gasteiger partial charge in [0.15, 0.2) is 0 Å². The van der Waals surface area contributed by atoms with E-state index >= 15 is 0 Å². The Morgan fingerprint density at radius 1 is 1.00 bits per heavy atom. The van der Waals surface area contributed by atoms with Crippen LogP contribution >= 0.6 is 0 Å². The van der Waals surface area contributed by atoms with E-state index in [1.807, 2.05) is 35.4 Å². The van der Waals surface area contributed by atoms with Crippen molar-refractivity contribution < 1.29 is 4.79 Å². The van der Waals surface area contributed by atoms with E-state index in [1.54, 1.807) is 0 Å². The molecule has 25 heavy (non-hydrogen) atoms. The topological polar surface area (TPSA) is 48.5 Å². The number of hydrogen-bond donors (Lipinski definition) is 1. The Balaban J connectivity index is 1.33. The summed E-state index contributed by atoms with van der Waals surface area (Å²) in [6.07, 6.45) is 3.79. The number of aromatic nitrogens is 1. The van der Waals surface area contributed by atoms with Gasteiger partial charge in [-0.05, 0) is 30.5 Å². The first kappa shape index (κ1) is 17.4. The molecule has 0 aliphatic carbocycles. The summed E-state index contributed by atoms with van der Waals surface area (Å²) in [5.41, 5.74) is 2.40. The molecule has 5 nitrogen and oxygen atoms in total. The van der Waals surface area contributed by atoms with Gasteiger partial charge >= 0.3 is 6.03 Å². The lowest BCUT2D eigenvalue weighted by Gasteiger charge is -2.34. The number of carbonyl (C=O) groups excluding carboxylic acids is 1. The fraction of sp³-hybridized carbons (Fsp3) is 0.400. The molecule has 1 fully saturated rings. The highest BCUT2D eigenvalue weighted by Crippen LogP contribution is 2.07. The van der Waals surface area contributed by atoms with Crippen LogP contribution in [0.15, 0.2) is 54.7 Å². The second-order valence-corrected chi connectivity index (χ2v) is 6.41. The lowest BCUT2D eigenvalue weighted by atomic mass is 10.1. The van der Waals surface area contributed by atoms with Crippen LogP contribution < -0.4 is 5.32 Å². The summed E-state index contributed by atoms with van der Waals surface area (Å²) < 4.78 is 0. The van der Waals surface area contributed by atoms with Gasteiger partial charge in [0.2, 0.25) is 0 Å². The van der Waals surface area contributed by atoms with Crippen molar-refractivity contribution in [2.45, 2.75) is 19.4 Å². The predicted octanol–water partition coefficient (Wildman–Crippen LogP) is 2.54. The summed E-state index contributed by atoms with van der Waals surface area (Å²) in [6, 6.07) is 16.4. The molecule has 1 aliphatic rings. The average molecular weight is 338 g/mol. The third-order valence-corrected chi connectivity index (χ3v) is 4.53. The Morgan fingerprint density at radius 2 is 1.76 bits per heavy atom. The molecule has 1 aliphatic heterocycles. The van der Waals surface area contributed by atoms with Crippen molar-refractivity contribution in [3.63, 3.8) is 0 Å². The second-order valence-electron chi connectivity index (χ2n) is 6.41. The molecule has 1 saturated heterocycles. The molecule has 2 heterocycles. The van der Waals surface area contributed by atoms with E-state index < -0.39 is 0 Å². The van der Waals surface area contributed by atoms with Gasteiger partial charge in [0, 0.05) is 45.5 Å². The van der Waals surface area contributed by atoms with Crippen molar-refractivity contribution in [3.8, 4) is 0 Å². The minimum absolute atomic E-state index is 0.0607. The van der Waals surface area contributed by atoms with Crippen molar-refractivity contribution in [1.82, 2.24) is 20.1 Å². The van der Waals surface area contributed by atoms with Crippen LogP contribution in [-0.4, -0.2) is 53.5 Å². The first-order valence-electron chi connectivity index (χ1n) is 9.00. The number of pyridine rings is 1. The number of nitrogens with one attached hydrogen (secondary N) is 1. The van der Waals surface area contributed by atoms with Crippen molar-refractivity contribution >= 4 is 6.03 Å². The zero-order chi connectivity index (χ0) is 17.3. The molecule has 1 aromatic heterocycles. The summed E-state index contributed by atoms with van der Waals surface area (Å²) >= 11 is 0. The van der Waals surface area contributed by atoms with Crippen LogP contribution in [0, 0.1) is 0 Å². The fourth-order valence-corrected chi connectivity index (χ4v) is 3.07. The highest BCUT2D eigenvalue weighted by Gasteiger charge is 2.20. The maximum absolute atomic E-state index is 12.3. The molecule has 132 valence electrons. The molecule has 2 amide bonds. The van der Waals surface area contributed by atoms with Crippen LogP contribution in [0.2, 0.25) is 0 Å². The molecule has 1 aromatic carbocycles. The van der Waals surface area contributed by atoms with E-state index in [-0.39, 0.29) is 6.03 Å². The number of aryl methyl sites for hydroxylation is 1. The number of nitrogens with zero attached hydrogens (tertiary/aromatic N) is 3. The second kappa shape index (κ2) is 9.18. The largest absolute Gasteiger partial charge is 0.338 e. The molecule has 0 radical (unpaired) electrons. The third kappa shape index (κ3) is 5.57. The van der Waals surface area contributed by atoms with E-state index in [0.717, 1.165) is 57.8 Å². The van der Waals surface area contributed by atoms with Crippen LogP contribution in [0.5, 0.6) is 0 Å². The van der Waals surface area contributed by atoms with Crippen LogP contribution in [0.4, 0.5) is 4.79 Å². The average Bonchev–Trinajstić information content (AvgIpc) is 2.67. The van der Waals surface area contributed by atoms with Crippen molar-refractivity contribution in [2.75, 3.05) is 32.7 Å². The van der Waals surface area contributed by atoms with Crippen LogP contribution in [0.3, 0.4) is 0 Å². The zero-order valence-electron chi connectivity index (χ0n) is 14.6. The standard InChI is InChI=1S/C20H26N4O/c25-20(22-12-6-9-18-7-2-1-3-8-18)24-15-13-23(14-16-24)17-19-10-4-5-11-21-19/h1-5,7-8,10-11H,6,9,12-17H2,(H,22,25). The lowest BCUT2D eigenvalue weighted by molar-refractivity contribution is 0.134.